The van der Waals surface area contributed by atoms with Crippen LogP contribution in [-0.4, -0.2) is 30.7 Å². The van der Waals surface area contributed by atoms with Crippen molar-refractivity contribution in [2.24, 2.45) is 5.92 Å². The molecule has 1 amide bonds. The van der Waals surface area contributed by atoms with E-state index in [1.807, 2.05) is 0 Å². The molecule has 1 aromatic carbocycles. The number of hydrogen-bond acceptors (Lipinski definition) is 4. The summed E-state index contributed by atoms with van der Waals surface area (Å²) in [6.45, 7) is 4.21. The summed E-state index contributed by atoms with van der Waals surface area (Å²) < 4.78 is 0. The molecule has 0 aliphatic carbocycles. The average Bonchev–Trinajstić information content (AvgIpc) is 2.38. The van der Waals surface area contributed by atoms with Crippen LogP contribution < -0.4 is 16.4 Å². The van der Waals surface area contributed by atoms with Gasteiger partial charge in [0.05, 0.1) is 18.0 Å². The van der Waals surface area contributed by atoms with Gasteiger partial charge in [-0.05, 0) is 30.5 Å². The van der Waals surface area contributed by atoms with Gasteiger partial charge in [-0.25, -0.2) is 0 Å². The van der Waals surface area contributed by atoms with Gasteiger partial charge >= 0.3 is 0 Å². The molecule has 106 valence electrons. The quantitative estimate of drug-likeness (QED) is 0.586. The van der Waals surface area contributed by atoms with Crippen LogP contribution in [0.2, 0.25) is 0 Å². The Morgan fingerprint density at radius 2 is 2.11 bits per heavy atom. The van der Waals surface area contributed by atoms with Gasteiger partial charge in [0, 0.05) is 18.7 Å². The summed E-state index contributed by atoms with van der Waals surface area (Å²) in [5.74, 6) is 0.306. The van der Waals surface area contributed by atoms with Gasteiger partial charge in [0.1, 0.15) is 0 Å². The number of nitrogen functional groups attached to an aromatic ring is 1. The molecule has 0 saturated heterocycles. The van der Waals surface area contributed by atoms with Crippen LogP contribution in [-0.2, 0) is 0 Å². The summed E-state index contributed by atoms with van der Waals surface area (Å²) in [4.78, 5) is 11.6. The maximum atomic E-state index is 11.6. The second kappa shape index (κ2) is 6.99. The Bertz CT molecular complexity index is 433. The van der Waals surface area contributed by atoms with E-state index in [-0.39, 0.29) is 18.6 Å². The van der Waals surface area contributed by atoms with Crippen molar-refractivity contribution >= 4 is 17.3 Å². The Labute approximate surface area is 114 Å². The first-order valence-corrected chi connectivity index (χ1v) is 6.47. The molecule has 0 aromatic heterocycles. The minimum absolute atomic E-state index is 0.0296. The number of aliphatic hydroxyl groups is 1. The fourth-order valence-corrected chi connectivity index (χ4v) is 1.93. The maximum Gasteiger partial charge on any atom is 0.251 e. The van der Waals surface area contributed by atoms with Crippen LogP contribution in [0, 0.1) is 5.92 Å². The van der Waals surface area contributed by atoms with E-state index in [1.54, 1.807) is 25.2 Å². The number of amides is 1. The van der Waals surface area contributed by atoms with Gasteiger partial charge < -0.3 is 21.5 Å². The van der Waals surface area contributed by atoms with Crippen molar-refractivity contribution < 1.29 is 9.90 Å². The third kappa shape index (κ3) is 4.44. The lowest BCUT2D eigenvalue weighted by Crippen LogP contribution is -2.26. The van der Waals surface area contributed by atoms with Gasteiger partial charge in [-0.15, -0.1) is 0 Å². The lowest BCUT2D eigenvalue weighted by molar-refractivity contribution is 0.0963. The second-order valence-electron chi connectivity index (χ2n) is 5.03. The zero-order chi connectivity index (χ0) is 14.4. The third-order valence-electron chi connectivity index (χ3n) is 2.88. The predicted molar refractivity (Wildman–Crippen MR) is 78.2 cm³/mol. The van der Waals surface area contributed by atoms with Crippen molar-refractivity contribution in [1.29, 1.82) is 0 Å². The van der Waals surface area contributed by atoms with E-state index in [9.17, 15) is 9.90 Å². The number of benzene rings is 1. The standard InChI is InChI=1S/C14H23N3O2/c1-9(2)6-11(8-18)17-13-7-10(14(19)16-3)4-5-12(13)15/h4-5,7,9,11,17-18H,6,8,15H2,1-3H3,(H,16,19). The largest absolute Gasteiger partial charge is 0.397 e. The normalized spacial score (nSPS) is 12.3. The topological polar surface area (TPSA) is 87.4 Å². The molecular weight excluding hydrogens is 242 g/mol. The van der Waals surface area contributed by atoms with Crippen LogP contribution in [0.5, 0.6) is 0 Å². The van der Waals surface area contributed by atoms with Gasteiger partial charge in [0.25, 0.3) is 5.91 Å². The summed E-state index contributed by atoms with van der Waals surface area (Å²) in [5, 5.41) is 15.1. The lowest BCUT2D eigenvalue weighted by atomic mass is 10.0. The van der Waals surface area contributed by atoms with Gasteiger partial charge in [0.15, 0.2) is 0 Å². The number of anilines is 2. The molecule has 1 atom stereocenters. The molecule has 1 rings (SSSR count). The monoisotopic (exact) mass is 265 g/mol. The van der Waals surface area contributed by atoms with Crippen molar-refractivity contribution in [3.63, 3.8) is 0 Å². The zero-order valence-corrected chi connectivity index (χ0v) is 11.7. The summed E-state index contributed by atoms with van der Waals surface area (Å²) in [7, 11) is 1.58. The first-order valence-electron chi connectivity index (χ1n) is 6.47. The van der Waals surface area contributed by atoms with Crippen molar-refractivity contribution in [1.82, 2.24) is 5.32 Å². The maximum absolute atomic E-state index is 11.6. The fraction of sp³-hybridized carbons (Fsp3) is 0.500. The van der Waals surface area contributed by atoms with Crippen molar-refractivity contribution in [2.75, 3.05) is 24.7 Å². The van der Waals surface area contributed by atoms with E-state index in [1.165, 1.54) is 0 Å². The molecule has 5 nitrogen and oxygen atoms in total. The molecule has 0 heterocycles. The molecule has 0 radical (unpaired) electrons. The number of hydrogen-bond donors (Lipinski definition) is 4. The molecule has 0 aliphatic rings. The van der Waals surface area contributed by atoms with Crippen molar-refractivity contribution in [3.05, 3.63) is 23.8 Å². The molecule has 19 heavy (non-hydrogen) atoms. The van der Waals surface area contributed by atoms with E-state index in [0.29, 0.717) is 22.9 Å². The van der Waals surface area contributed by atoms with Crippen molar-refractivity contribution in [3.8, 4) is 0 Å². The average molecular weight is 265 g/mol. The summed E-state index contributed by atoms with van der Waals surface area (Å²) in [6, 6.07) is 5.01. The number of carbonyl (C=O) groups excluding carboxylic acids is 1. The zero-order valence-electron chi connectivity index (χ0n) is 11.7. The van der Waals surface area contributed by atoms with Crippen LogP contribution in [0.3, 0.4) is 0 Å². The summed E-state index contributed by atoms with van der Waals surface area (Å²) in [6.07, 6.45) is 0.833. The smallest absolute Gasteiger partial charge is 0.251 e. The Morgan fingerprint density at radius 1 is 1.42 bits per heavy atom. The predicted octanol–water partition coefficient (Wildman–Crippen LogP) is 1.45. The molecule has 0 spiro atoms. The Hall–Kier alpha value is -1.75. The van der Waals surface area contributed by atoms with Crippen LogP contribution in [0.4, 0.5) is 11.4 Å². The van der Waals surface area contributed by atoms with Gasteiger partial charge in [0.2, 0.25) is 0 Å². The highest BCUT2D eigenvalue weighted by Crippen LogP contribution is 2.22. The number of carbonyl (C=O) groups is 1. The fourth-order valence-electron chi connectivity index (χ4n) is 1.93. The second-order valence-corrected chi connectivity index (χ2v) is 5.03. The molecular formula is C14H23N3O2. The molecule has 0 saturated carbocycles. The summed E-state index contributed by atoms with van der Waals surface area (Å²) in [5.41, 5.74) is 7.68. The number of aliphatic hydroxyl groups excluding tert-OH is 1. The van der Waals surface area contributed by atoms with Crippen LogP contribution in [0.1, 0.15) is 30.6 Å². The molecule has 0 fully saturated rings. The molecule has 1 unspecified atom stereocenters. The molecule has 1 aromatic rings. The summed E-state index contributed by atoms with van der Waals surface area (Å²) >= 11 is 0. The van der Waals surface area contributed by atoms with Crippen molar-refractivity contribution in [2.45, 2.75) is 26.3 Å². The highest BCUT2D eigenvalue weighted by Gasteiger charge is 2.13. The lowest BCUT2D eigenvalue weighted by Gasteiger charge is -2.21. The highest BCUT2D eigenvalue weighted by atomic mass is 16.3. The molecule has 5 N–H and O–H groups in total. The van der Waals surface area contributed by atoms with E-state index in [2.05, 4.69) is 24.5 Å². The van der Waals surface area contributed by atoms with E-state index in [0.717, 1.165) is 6.42 Å². The molecule has 0 bridgehead atoms. The number of rotatable bonds is 6. The number of nitrogens with one attached hydrogen (secondary N) is 2. The highest BCUT2D eigenvalue weighted by molar-refractivity contribution is 5.96. The van der Waals surface area contributed by atoms with Gasteiger partial charge in [-0.3, -0.25) is 4.79 Å². The molecule has 5 heteroatoms. The van der Waals surface area contributed by atoms with Gasteiger partial charge in [-0.1, -0.05) is 13.8 Å². The van der Waals surface area contributed by atoms with Crippen LogP contribution in [0.25, 0.3) is 0 Å². The minimum Gasteiger partial charge on any atom is -0.397 e. The molecule has 0 aliphatic heterocycles. The van der Waals surface area contributed by atoms with E-state index >= 15 is 0 Å². The number of nitrogens with two attached hydrogens (primary N) is 1. The first-order chi connectivity index (χ1) is 8.97. The Morgan fingerprint density at radius 3 is 2.63 bits per heavy atom. The SMILES string of the molecule is CNC(=O)c1ccc(N)c(NC(CO)CC(C)C)c1. The Kier molecular flexibility index (Phi) is 5.63. The first kappa shape index (κ1) is 15.3. The third-order valence-corrected chi connectivity index (χ3v) is 2.88. The van der Waals surface area contributed by atoms with E-state index in [4.69, 9.17) is 5.73 Å². The van der Waals surface area contributed by atoms with Gasteiger partial charge in [-0.2, -0.15) is 0 Å². The van der Waals surface area contributed by atoms with Crippen LogP contribution in [0.15, 0.2) is 18.2 Å². The van der Waals surface area contributed by atoms with Crippen LogP contribution >= 0.6 is 0 Å². The Balaban J connectivity index is 2.89. The minimum atomic E-state index is -0.160. The van der Waals surface area contributed by atoms with E-state index < -0.39 is 0 Å².